The molecule has 0 unspecified atom stereocenters. The molecular weight excluding hydrogens is 328 g/mol. The van der Waals surface area contributed by atoms with Gasteiger partial charge in [-0.15, -0.1) is 0 Å². The van der Waals surface area contributed by atoms with Crippen molar-refractivity contribution in [1.82, 2.24) is 28.9 Å². The highest BCUT2D eigenvalue weighted by molar-refractivity contribution is 5.76. The molecule has 0 aliphatic carbocycles. The highest BCUT2D eigenvalue weighted by Crippen LogP contribution is 2.02. The topological polar surface area (TPSA) is 103 Å². The Bertz CT molecular complexity index is 890. The number of hydrogen-bond acceptors (Lipinski definition) is 6. The number of hydrogen-bond donors (Lipinski definition) is 1. The fraction of sp³-hybridized carbons (Fsp3) is 0.600. The van der Waals surface area contributed by atoms with Crippen LogP contribution in [0.3, 0.4) is 0 Å². The average Bonchev–Trinajstić information content (AvgIpc) is 3.00. The number of aryl methyl sites for hydroxylation is 2. The van der Waals surface area contributed by atoms with E-state index in [1.165, 1.54) is 17.9 Å². The third kappa shape index (κ3) is 3.49. The minimum Gasteiger partial charge on any atom is -0.379 e. The molecule has 1 N–H and O–H groups in total. The summed E-state index contributed by atoms with van der Waals surface area (Å²) in [6.45, 7) is 3.94. The molecule has 136 valence electrons. The van der Waals surface area contributed by atoms with E-state index in [9.17, 15) is 14.4 Å². The second kappa shape index (κ2) is 7.19. The van der Waals surface area contributed by atoms with Crippen LogP contribution in [0, 0.1) is 0 Å². The van der Waals surface area contributed by atoms with E-state index in [0.717, 1.165) is 17.7 Å². The van der Waals surface area contributed by atoms with Crippen LogP contribution in [0.15, 0.2) is 15.9 Å². The largest absolute Gasteiger partial charge is 0.379 e. The Hall–Kier alpha value is -2.46. The molecule has 2 aromatic rings. The Balaban J connectivity index is 1.69. The molecule has 0 atom stereocenters. The molecule has 2 aromatic heterocycles. The Morgan fingerprint density at radius 2 is 2.00 bits per heavy atom. The van der Waals surface area contributed by atoms with E-state index in [1.807, 2.05) is 0 Å². The van der Waals surface area contributed by atoms with Crippen molar-refractivity contribution in [2.24, 2.45) is 14.1 Å². The van der Waals surface area contributed by atoms with E-state index in [4.69, 9.17) is 4.74 Å². The molecule has 1 amide bonds. The van der Waals surface area contributed by atoms with Crippen LogP contribution in [0.1, 0.15) is 0 Å². The molecule has 25 heavy (non-hydrogen) atoms. The minimum atomic E-state index is -0.556. The lowest BCUT2D eigenvalue weighted by atomic mass is 10.4. The second-order valence-corrected chi connectivity index (χ2v) is 6.06. The lowest BCUT2D eigenvalue weighted by Gasteiger charge is -2.26. The lowest BCUT2D eigenvalue weighted by Crippen LogP contribution is -2.45. The smallest absolute Gasteiger partial charge is 0.332 e. The van der Waals surface area contributed by atoms with Gasteiger partial charge in [-0.1, -0.05) is 0 Å². The van der Waals surface area contributed by atoms with Crippen LogP contribution >= 0.6 is 0 Å². The summed E-state index contributed by atoms with van der Waals surface area (Å²) in [5.74, 6) is -0.367. The van der Waals surface area contributed by atoms with Gasteiger partial charge in [-0.05, 0) is 0 Å². The SMILES string of the molecule is Cn1cnc2c1c(=O)n(CC(=O)NCCN1CCOCC1)c(=O)n2C. The molecular formula is C15H22N6O4. The lowest BCUT2D eigenvalue weighted by molar-refractivity contribution is -0.121. The van der Waals surface area contributed by atoms with Gasteiger partial charge in [0.2, 0.25) is 5.91 Å². The minimum absolute atomic E-state index is 0.295. The molecule has 3 rings (SSSR count). The van der Waals surface area contributed by atoms with E-state index in [1.54, 1.807) is 11.6 Å². The van der Waals surface area contributed by atoms with E-state index >= 15 is 0 Å². The van der Waals surface area contributed by atoms with Crippen LogP contribution in [-0.4, -0.2) is 68.9 Å². The highest BCUT2D eigenvalue weighted by atomic mass is 16.5. The van der Waals surface area contributed by atoms with Crippen molar-refractivity contribution in [2.75, 3.05) is 39.4 Å². The number of rotatable bonds is 5. The standard InChI is InChI=1S/C15H22N6O4/c1-18-10-17-13-12(18)14(23)21(15(24)19(13)2)9-11(22)16-3-4-20-5-7-25-8-6-20/h10H,3-9H2,1-2H3,(H,16,22). The summed E-state index contributed by atoms with van der Waals surface area (Å²) in [6, 6.07) is 0. The van der Waals surface area contributed by atoms with Gasteiger partial charge in [-0.2, -0.15) is 0 Å². The number of aromatic nitrogens is 4. The van der Waals surface area contributed by atoms with Gasteiger partial charge in [-0.3, -0.25) is 19.1 Å². The summed E-state index contributed by atoms with van der Waals surface area (Å²) >= 11 is 0. The van der Waals surface area contributed by atoms with Crippen molar-refractivity contribution >= 4 is 17.1 Å². The average molecular weight is 350 g/mol. The maximum Gasteiger partial charge on any atom is 0.332 e. The summed E-state index contributed by atoms with van der Waals surface area (Å²) in [4.78, 5) is 43.3. The van der Waals surface area contributed by atoms with Crippen molar-refractivity contribution < 1.29 is 9.53 Å². The quantitative estimate of drug-likeness (QED) is 0.661. The second-order valence-electron chi connectivity index (χ2n) is 6.06. The van der Waals surface area contributed by atoms with Gasteiger partial charge in [0, 0.05) is 40.3 Å². The first-order chi connectivity index (χ1) is 12.0. The molecule has 1 saturated heterocycles. The fourth-order valence-corrected chi connectivity index (χ4v) is 2.91. The number of nitrogens with one attached hydrogen (secondary N) is 1. The zero-order chi connectivity index (χ0) is 18.0. The number of carbonyl (C=O) groups excluding carboxylic acids is 1. The molecule has 1 aliphatic rings. The first-order valence-corrected chi connectivity index (χ1v) is 8.16. The normalized spacial score (nSPS) is 15.6. The summed E-state index contributed by atoms with van der Waals surface area (Å²) in [5, 5.41) is 2.76. The van der Waals surface area contributed by atoms with E-state index in [-0.39, 0.29) is 12.5 Å². The van der Waals surface area contributed by atoms with Crippen molar-refractivity contribution in [1.29, 1.82) is 0 Å². The van der Waals surface area contributed by atoms with Crippen LogP contribution in [0.2, 0.25) is 0 Å². The predicted molar refractivity (Wildman–Crippen MR) is 90.5 cm³/mol. The van der Waals surface area contributed by atoms with Gasteiger partial charge in [0.05, 0.1) is 19.5 Å². The maximum atomic E-state index is 12.5. The zero-order valence-electron chi connectivity index (χ0n) is 14.4. The van der Waals surface area contributed by atoms with Crippen LogP contribution < -0.4 is 16.6 Å². The summed E-state index contributed by atoms with van der Waals surface area (Å²) in [6.07, 6.45) is 1.47. The number of imidazole rings is 1. The first kappa shape index (κ1) is 17.4. The Morgan fingerprint density at radius 1 is 1.28 bits per heavy atom. The number of morpholine rings is 1. The van der Waals surface area contributed by atoms with E-state index in [0.29, 0.717) is 37.5 Å². The van der Waals surface area contributed by atoms with Crippen molar-refractivity contribution in [3.63, 3.8) is 0 Å². The first-order valence-electron chi connectivity index (χ1n) is 8.16. The number of fused-ring (bicyclic) bond motifs is 1. The molecule has 10 heteroatoms. The number of amides is 1. The number of nitrogens with zero attached hydrogens (tertiary/aromatic N) is 5. The van der Waals surface area contributed by atoms with Gasteiger partial charge in [-0.25, -0.2) is 14.3 Å². The molecule has 0 bridgehead atoms. The molecule has 0 saturated carbocycles. The number of ether oxygens (including phenoxy) is 1. The van der Waals surface area contributed by atoms with Gasteiger partial charge < -0.3 is 14.6 Å². The van der Waals surface area contributed by atoms with Crippen molar-refractivity contribution in [2.45, 2.75) is 6.54 Å². The fourth-order valence-electron chi connectivity index (χ4n) is 2.91. The van der Waals surface area contributed by atoms with Crippen LogP contribution in [0.5, 0.6) is 0 Å². The third-order valence-electron chi connectivity index (χ3n) is 4.36. The Labute approximate surface area is 143 Å². The summed E-state index contributed by atoms with van der Waals surface area (Å²) < 4.78 is 9.03. The zero-order valence-corrected chi connectivity index (χ0v) is 14.4. The molecule has 1 aliphatic heterocycles. The van der Waals surface area contributed by atoms with Gasteiger partial charge in [0.25, 0.3) is 5.56 Å². The van der Waals surface area contributed by atoms with Crippen LogP contribution in [-0.2, 0) is 30.2 Å². The molecule has 0 radical (unpaired) electrons. The molecule has 1 fully saturated rings. The maximum absolute atomic E-state index is 12.5. The van der Waals surface area contributed by atoms with Gasteiger partial charge in [0.1, 0.15) is 6.54 Å². The Kier molecular flexibility index (Phi) is 5.00. The Morgan fingerprint density at radius 3 is 2.72 bits per heavy atom. The van der Waals surface area contributed by atoms with E-state index in [2.05, 4.69) is 15.2 Å². The molecule has 0 spiro atoms. The third-order valence-corrected chi connectivity index (χ3v) is 4.36. The number of carbonyl (C=O) groups is 1. The molecule has 3 heterocycles. The van der Waals surface area contributed by atoms with Crippen LogP contribution in [0.4, 0.5) is 0 Å². The molecule has 10 nitrogen and oxygen atoms in total. The van der Waals surface area contributed by atoms with Crippen molar-refractivity contribution in [3.05, 3.63) is 27.2 Å². The van der Waals surface area contributed by atoms with Gasteiger partial charge in [0.15, 0.2) is 11.2 Å². The molecule has 0 aromatic carbocycles. The van der Waals surface area contributed by atoms with E-state index < -0.39 is 11.2 Å². The van der Waals surface area contributed by atoms with Crippen molar-refractivity contribution in [3.8, 4) is 0 Å². The monoisotopic (exact) mass is 350 g/mol. The van der Waals surface area contributed by atoms with Gasteiger partial charge >= 0.3 is 5.69 Å². The highest BCUT2D eigenvalue weighted by Gasteiger charge is 2.17. The summed E-state index contributed by atoms with van der Waals surface area (Å²) in [7, 11) is 3.21. The van der Waals surface area contributed by atoms with Crippen LogP contribution in [0.25, 0.3) is 11.2 Å². The predicted octanol–water partition coefficient (Wildman–Crippen LogP) is -2.12. The summed E-state index contributed by atoms with van der Waals surface area (Å²) in [5.41, 5.74) is -0.467.